The lowest BCUT2D eigenvalue weighted by Gasteiger charge is -2.07. The Labute approximate surface area is 166 Å². The van der Waals surface area contributed by atoms with Gasteiger partial charge in [-0.05, 0) is 30.2 Å². The summed E-state index contributed by atoms with van der Waals surface area (Å²) in [7, 11) is 1.33. The molecule has 6 heteroatoms. The van der Waals surface area contributed by atoms with Crippen molar-refractivity contribution in [2.24, 2.45) is 0 Å². The first-order chi connectivity index (χ1) is 14.1. The van der Waals surface area contributed by atoms with Crippen LogP contribution in [0.1, 0.15) is 21.7 Å². The summed E-state index contributed by atoms with van der Waals surface area (Å²) in [4.78, 5) is 24.3. The van der Waals surface area contributed by atoms with Crippen LogP contribution < -0.4 is 10.9 Å². The quantitative estimate of drug-likeness (QED) is 0.496. The number of ether oxygens (including phenoxy) is 1. The predicted octanol–water partition coefficient (Wildman–Crippen LogP) is 4.76. The molecule has 4 aromatic rings. The van der Waals surface area contributed by atoms with Gasteiger partial charge < -0.3 is 18.9 Å². The molecule has 0 aliphatic carbocycles. The number of methoxy groups -OCH3 is 1. The van der Waals surface area contributed by atoms with Gasteiger partial charge in [0.05, 0.1) is 18.2 Å². The highest BCUT2D eigenvalue weighted by Gasteiger charge is 2.21. The van der Waals surface area contributed by atoms with Crippen LogP contribution in [-0.4, -0.2) is 13.1 Å². The summed E-state index contributed by atoms with van der Waals surface area (Å²) < 4.78 is 16.0. The topological polar surface area (TPSA) is 81.7 Å². The normalized spacial score (nSPS) is 10.8. The number of benzene rings is 2. The van der Waals surface area contributed by atoms with Gasteiger partial charge in [-0.3, -0.25) is 0 Å². The molecule has 0 bridgehead atoms. The molecule has 0 fully saturated rings. The first-order valence-corrected chi connectivity index (χ1v) is 9.10. The summed E-state index contributed by atoms with van der Waals surface area (Å²) in [5.74, 6) is 0.511. The fraction of sp³-hybridized carbons (Fsp3) is 0.130. The number of esters is 1. The minimum atomic E-state index is -0.469. The number of rotatable bonds is 5. The Balaban J connectivity index is 1.81. The molecule has 2 heterocycles. The third-order valence-corrected chi connectivity index (χ3v) is 4.62. The number of furan rings is 1. The summed E-state index contributed by atoms with van der Waals surface area (Å²) in [6, 6.07) is 18.4. The number of hydrogen-bond acceptors (Lipinski definition) is 6. The first kappa shape index (κ1) is 18.6. The lowest BCUT2D eigenvalue weighted by Crippen LogP contribution is -2.03. The lowest BCUT2D eigenvalue weighted by atomic mass is 10.0. The largest absolute Gasteiger partial charge is 0.465 e. The molecule has 29 heavy (non-hydrogen) atoms. The summed E-state index contributed by atoms with van der Waals surface area (Å²) in [5.41, 5.74) is 2.79. The highest BCUT2D eigenvalue weighted by molar-refractivity contribution is 6.00. The maximum absolute atomic E-state index is 12.6. The smallest absolute Gasteiger partial charge is 0.347 e. The van der Waals surface area contributed by atoms with Crippen molar-refractivity contribution in [3.63, 3.8) is 0 Å². The van der Waals surface area contributed by atoms with Crippen LogP contribution in [0, 0.1) is 6.92 Å². The molecule has 0 radical (unpaired) electrons. The maximum Gasteiger partial charge on any atom is 0.347 e. The number of nitrogens with one attached hydrogen (secondary N) is 1. The van der Waals surface area contributed by atoms with E-state index in [1.54, 1.807) is 37.3 Å². The fourth-order valence-electron chi connectivity index (χ4n) is 3.23. The number of aryl methyl sites for hydroxylation is 1. The minimum absolute atomic E-state index is 0.358. The monoisotopic (exact) mass is 389 g/mol. The van der Waals surface area contributed by atoms with Crippen LogP contribution in [0.25, 0.3) is 22.1 Å². The van der Waals surface area contributed by atoms with Crippen molar-refractivity contribution in [1.29, 1.82) is 0 Å². The maximum atomic E-state index is 12.6. The molecule has 0 spiro atoms. The van der Waals surface area contributed by atoms with E-state index in [9.17, 15) is 9.59 Å². The van der Waals surface area contributed by atoms with E-state index in [1.807, 2.05) is 30.3 Å². The molecular weight excluding hydrogens is 370 g/mol. The third-order valence-electron chi connectivity index (χ3n) is 4.62. The van der Waals surface area contributed by atoms with E-state index in [0.29, 0.717) is 40.3 Å². The zero-order valence-electron chi connectivity index (χ0n) is 16.0. The summed E-state index contributed by atoms with van der Waals surface area (Å²) >= 11 is 0. The van der Waals surface area contributed by atoms with Crippen LogP contribution in [0.15, 0.2) is 74.3 Å². The number of fused-ring (bicyclic) bond motifs is 1. The molecule has 0 saturated carbocycles. The van der Waals surface area contributed by atoms with Gasteiger partial charge in [0.15, 0.2) is 0 Å². The second-order valence-electron chi connectivity index (χ2n) is 6.60. The summed E-state index contributed by atoms with van der Waals surface area (Å²) in [5, 5.41) is 3.63. The Kier molecular flexibility index (Phi) is 4.91. The Morgan fingerprint density at radius 1 is 1.03 bits per heavy atom. The van der Waals surface area contributed by atoms with Crippen LogP contribution in [-0.2, 0) is 11.3 Å². The average Bonchev–Trinajstić information content (AvgIpc) is 3.11. The molecule has 146 valence electrons. The van der Waals surface area contributed by atoms with Crippen molar-refractivity contribution in [2.75, 3.05) is 12.4 Å². The predicted molar refractivity (Wildman–Crippen MR) is 110 cm³/mol. The molecule has 0 atom stereocenters. The summed E-state index contributed by atoms with van der Waals surface area (Å²) in [6.07, 6.45) is 0. The Morgan fingerprint density at radius 3 is 2.45 bits per heavy atom. The zero-order valence-corrected chi connectivity index (χ0v) is 16.0. The first-order valence-electron chi connectivity index (χ1n) is 9.10. The minimum Gasteiger partial charge on any atom is -0.465 e. The van der Waals surface area contributed by atoms with E-state index in [1.165, 1.54) is 7.11 Å². The number of anilines is 1. The second-order valence-corrected chi connectivity index (χ2v) is 6.60. The molecule has 0 saturated heterocycles. The molecule has 0 unspecified atom stereocenters. The van der Waals surface area contributed by atoms with Crippen LogP contribution >= 0.6 is 0 Å². The van der Waals surface area contributed by atoms with Crippen LogP contribution in [0.2, 0.25) is 0 Å². The fourth-order valence-corrected chi connectivity index (χ4v) is 3.23. The van der Waals surface area contributed by atoms with Crippen molar-refractivity contribution in [1.82, 2.24) is 0 Å². The van der Waals surface area contributed by atoms with Gasteiger partial charge >= 0.3 is 11.6 Å². The van der Waals surface area contributed by atoms with Crippen molar-refractivity contribution >= 4 is 22.8 Å². The van der Waals surface area contributed by atoms with Crippen molar-refractivity contribution in [2.45, 2.75) is 13.5 Å². The molecule has 0 aliphatic heterocycles. The van der Waals surface area contributed by atoms with Gasteiger partial charge in [0, 0.05) is 12.6 Å². The third kappa shape index (κ3) is 3.65. The Morgan fingerprint density at radius 2 is 1.76 bits per heavy atom. The average molecular weight is 389 g/mol. The standard InChI is InChI=1S/C23H19NO5/c1-14-12-18-20(23(26)28-14)19(16-8-10-17(11-9-16)22(25)27-2)21(29-18)24-13-15-6-4-3-5-7-15/h3-12,24H,13H2,1-2H3. The van der Waals surface area contributed by atoms with E-state index in [-0.39, 0.29) is 0 Å². The van der Waals surface area contributed by atoms with E-state index >= 15 is 0 Å². The second kappa shape index (κ2) is 7.67. The molecule has 1 N–H and O–H groups in total. The van der Waals surface area contributed by atoms with Crippen LogP contribution in [0.4, 0.5) is 5.88 Å². The number of hydrogen-bond donors (Lipinski definition) is 1. The van der Waals surface area contributed by atoms with Gasteiger partial charge in [-0.1, -0.05) is 42.5 Å². The van der Waals surface area contributed by atoms with Gasteiger partial charge in [0.25, 0.3) is 0 Å². The van der Waals surface area contributed by atoms with Crippen molar-refractivity contribution < 1.29 is 18.4 Å². The highest BCUT2D eigenvalue weighted by Crippen LogP contribution is 2.37. The number of carbonyl (C=O) groups is 1. The zero-order chi connectivity index (χ0) is 20.4. The van der Waals surface area contributed by atoms with Gasteiger partial charge in [-0.2, -0.15) is 0 Å². The van der Waals surface area contributed by atoms with Crippen molar-refractivity contribution in [3.05, 3.63) is 88.0 Å². The molecule has 2 aromatic heterocycles. The highest BCUT2D eigenvalue weighted by atomic mass is 16.5. The lowest BCUT2D eigenvalue weighted by molar-refractivity contribution is 0.0601. The molecule has 2 aromatic carbocycles. The van der Waals surface area contributed by atoms with E-state index in [4.69, 9.17) is 13.6 Å². The Hall–Kier alpha value is -3.80. The van der Waals surface area contributed by atoms with Crippen molar-refractivity contribution in [3.8, 4) is 11.1 Å². The Bertz CT molecular complexity index is 1220. The number of carbonyl (C=O) groups excluding carboxylic acids is 1. The van der Waals surface area contributed by atoms with Gasteiger partial charge in [0.1, 0.15) is 16.7 Å². The SMILES string of the molecule is COC(=O)c1ccc(-c2c(NCc3ccccc3)oc3cc(C)oc(=O)c23)cc1. The molecular formula is C23H19NO5. The van der Waals surface area contributed by atoms with Gasteiger partial charge in [-0.25, -0.2) is 9.59 Å². The molecule has 0 amide bonds. The molecule has 0 aliphatic rings. The molecule has 4 rings (SSSR count). The van der Waals surface area contributed by atoms with E-state index < -0.39 is 11.6 Å². The van der Waals surface area contributed by atoms with Gasteiger partial charge in [-0.15, -0.1) is 0 Å². The van der Waals surface area contributed by atoms with E-state index in [2.05, 4.69) is 5.32 Å². The summed E-state index contributed by atoms with van der Waals surface area (Å²) in [6.45, 7) is 2.23. The van der Waals surface area contributed by atoms with Crippen LogP contribution in [0.5, 0.6) is 0 Å². The van der Waals surface area contributed by atoms with Crippen LogP contribution in [0.3, 0.4) is 0 Å². The van der Waals surface area contributed by atoms with E-state index in [0.717, 1.165) is 11.1 Å². The van der Waals surface area contributed by atoms with Gasteiger partial charge in [0.2, 0.25) is 5.88 Å². The molecule has 6 nitrogen and oxygen atoms in total.